The number of ether oxygens (including phenoxy) is 2. The van der Waals surface area contributed by atoms with Crippen molar-refractivity contribution >= 4 is 11.7 Å². The molecule has 0 radical (unpaired) electrons. The van der Waals surface area contributed by atoms with Gasteiger partial charge in [-0.2, -0.15) is 0 Å². The van der Waals surface area contributed by atoms with Crippen LogP contribution in [0.2, 0.25) is 0 Å². The second-order valence-corrected chi connectivity index (χ2v) is 6.07. The molecule has 1 aliphatic heterocycles. The summed E-state index contributed by atoms with van der Waals surface area (Å²) in [5.41, 5.74) is 0.769. The number of piperidine rings is 1. The molecule has 0 saturated carbocycles. The topological polar surface area (TPSA) is 62.8 Å². The summed E-state index contributed by atoms with van der Waals surface area (Å²) in [5, 5.41) is 5.83. The molecule has 0 atom stereocenters. The molecular weight excluding hydrogens is 306 g/mol. The van der Waals surface area contributed by atoms with Crippen molar-refractivity contribution in [1.82, 2.24) is 10.2 Å². The fourth-order valence-corrected chi connectivity index (χ4v) is 2.85. The number of methoxy groups -OCH3 is 1. The SMILES string of the molecule is CCOc1ccc(NC(=O)NCC2CCN(CCOC)CC2)cc1. The molecule has 0 bridgehead atoms. The number of nitrogens with zero attached hydrogens (tertiary/aromatic N) is 1. The predicted molar refractivity (Wildman–Crippen MR) is 95.7 cm³/mol. The van der Waals surface area contributed by atoms with E-state index in [1.807, 2.05) is 31.2 Å². The first-order chi connectivity index (χ1) is 11.7. The minimum atomic E-state index is -0.152. The van der Waals surface area contributed by atoms with Crippen LogP contribution >= 0.6 is 0 Å². The second kappa shape index (κ2) is 10.2. The highest BCUT2D eigenvalue weighted by Gasteiger charge is 2.19. The summed E-state index contributed by atoms with van der Waals surface area (Å²) in [6.45, 7) is 7.24. The van der Waals surface area contributed by atoms with Gasteiger partial charge in [-0.25, -0.2) is 4.79 Å². The molecule has 1 fully saturated rings. The first-order valence-electron chi connectivity index (χ1n) is 8.70. The van der Waals surface area contributed by atoms with Crippen molar-refractivity contribution in [3.8, 4) is 5.75 Å². The Kier molecular flexibility index (Phi) is 7.85. The van der Waals surface area contributed by atoms with Gasteiger partial charge in [0.1, 0.15) is 5.75 Å². The molecule has 0 unspecified atom stereocenters. The highest BCUT2D eigenvalue weighted by molar-refractivity contribution is 5.89. The van der Waals surface area contributed by atoms with Crippen LogP contribution in [0.15, 0.2) is 24.3 Å². The number of nitrogens with one attached hydrogen (secondary N) is 2. The van der Waals surface area contributed by atoms with Crippen molar-refractivity contribution < 1.29 is 14.3 Å². The number of carbonyl (C=O) groups excluding carboxylic acids is 1. The third-order valence-corrected chi connectivity index (χ3v) is 4.29. The van der Waals surface area contributed by atoms with E-state index in [0.29, 0.717) is 12.5 Å². The highest BCUT2D eigenvalue weighted by Crippen LogP contribution is 2.17. The average Bonchev–Trinajstić information content (AvgIpc) is 2.61. The maximum atomic E-state index is 12.0. The number of rotatable bonds is 8. The Balaban J connectivity index is 1.64. The summed E-state index contributed by atoms with van der Waals surface area (Å²) in [5.74, 6) is 1.36. The Hall–Kier alpha value is -1.79. The fourth-order valence-electron chi connectivity index (χ4n) is 2.85. The van der Waals surface area contributed by atoms with Gasteiger partial charge in [0.25, 0.3) is 0 Å². The van der Waals surface area contributed by atoms with Gasteiger partial charge >= 0.3 is 6.03 Å². The number of anilines is 1. The molecule has 1 heterocycles. The van der Waals surface area contributed by atoms with E-state index in [9.17, 15) is 4.79 Å². The Bertz CT molecular complexity index is 485. The predicted octanol–water partition coefficient (Wildman–Crippen LogP) is 2.57. The molecule has 24 heavy (non-hydrogen) atoms. The number of carbonyl (C=O) groups is 1. The summed E-state index contributed by atoms with van der Waals surface area (Å²) < 4.78 is 10.5. The van der Waals surface area contributed by atoms with Gasteiger partial charge in [-0.3, -0.25) is 0 Å². The summed E-state index contributed by atoms with van der Waals surface area (Å²) in [6, 6.07) is 7.25. The molecule has 6 nitrogen and oxygen atoms in total. The molecule has 1 aromatic rings. The van der Waals surface area contributed by atoms with Gasteiger partial charge in [-0.15, -0.1) is 0 Å². The van der Waals surface area contributed by atoms with Gasteiger partial charge in [0, 0.05) is 25.9 Å². The lowest BCUT2D eigenvalue weighted by molar-refractivity contribution is 0.120. The van der Waals surface area contributed by atoms with Crippen LogP contribution in [0.1, 0.15) is 19.8 Å². The number of urea groups is 1. The standard InChI is InChI=1S/C18H29N3O3/c1-3-24-17-6-4-16(5-7-17)20-18(22)19-14-15-8-10-21(11-9-15)12-13-23-2/h4-7,15H,3,8-14H2,1-2H3,(H2,19,20,22). The second-order valence-electron chi connectivity index (χ2n) is 6.07. The van der Waals surface area contributed by atoms with E-state index >= 15 is 0 Å². The molecule has 2 rings (SSSR count). The molecule has 0 aromatic heterocycles. The monoisotopic (exact) mass is 335 g/mol. The first-order valence-corrected chi connectivity index (χ1v) is 8.70. The van der Waals surface area contributed by atoms with Crippen LogP contribution in [0.3, 0.4) is 0 Å². The van der Waals surface area contributed by atoms with E-state index in [1.165, 1.54) is 0 Å². The minimum Gasteiger partial charge on any atom is -0.494 e. The van der Waals surface area contributed by atoms with Gasteiger partial charge in [-0.1, -0.05) is 0 Å². The molecule has 1 aliphatic rings. The Labute approximate surface area is 144 Å². The molecule has 0 spiro atoms. The molecule has 0 aliphatic carbocycles. The fraction of sp³-hybridized carbons (Fsp3) is 0.611. The van der Waals surface area contributed by atoms with Crippen molar-refractivity contribution in [2.75, 3.05) is 51.8 Å². The summed E-state index contributed by atoms with van der Waals surface area (Å²) in [4.78, 5) is 14.4. The van der Waals surface area contributed by atoms with Crippen LogP contribution in [0, 0.1) is 5.92 Å². The largest absolute Gasteiger partial charge is 0.494 e. The molecule has 1 saturated heterocycles. The Morgan fingerprint density at radius 1 is 1.25 bits per heavy atom. The summed E-state index contributed by atoms with van der Waals surface area (Å²) in [6.07, 6.45) is 2.24. The first kappa shape index (κ1) is 18.5. The van der Waals surface area contributed by atoms with E-state index in [2.05, 4.69) is 15.5 Å². The van der Waals surface area contributed by atoms with Gasteiger partial charge in [0.2, 0.25) is 0 Å². The maximum absolute atomic E-state index is 12.0. The quantitative estimate of drug-likeness (QED) is 0.766. The number of likely N-dealkylation sites (tertiary alicyclic amines) is 1. The van der Waals surface area contributed by atoms with Gasteiger partial charge in [-0.05, 0) is 63.0 Å². The molecule has 6 heteroatoms. The van der Waals surface area contributed by atoms with E-state index in [1.54, 1.807) is 7.11 Å². The Morgan fingerprint density at radius 3 is 2.58 bits per heavy atom. The summed E-state index contributed by atoms with van der Waals surface area (Å²) >= 11 is 0. The lowest BCUT2D eigenvalue weighted by Crippen LogP contribution is -2.40. The van der Waals surface area contributed by atoms with Crippen molar-refractivity contribution in [1.29, 1.82) is 0 Å². The molecule has 2 amide bonds. The smallest absolute Gasteiger partial charge is 0.319 e. The minimum absolute atomic E-state index is 0.152. The van der Waals surface area contributed by atoms with Crippen molar-refractivity contribution in [3.05, 3.63) is 24.3 Å². The lowest BCUT2D eigenvalue weighted by atomic mass is 9.97. The normalized spacial score (nSPS) is 15.9. The van der Waals surface area contributed by atoms with Crippen LogP contribution in [-0.4, -0.2) is 57.4 Å². The van der Waals surface area contributed by atoms with Crippen molar-refractivity contribution in [2.24, 2.45) is 5.92 Å². The number of hydrogen-bond acceptors (Lipinski definition) is 4. The molecular formula is C18H29N3O3. The van der Waals surface area contributed by atoms with Crippen LogP contribution in [0.4, 0.5) is 10.5 Å². The zero-order chi connectivity index (χ0) is 17.2. The average molecular weight is 335 g/mol. The van der Waals surface area contributed by atoms with Crippen LogP contribution in [0.25, 0.3) is 0 Å². The van der Waals surface area contributed by atoms with Gasteiger partial charge < -0.3 is 25.0 Å². The zero-order valence-corrected chi connectivity index (χ0v) is 14.7. The number of hydrogen-bond donors (Lipinski definition) is 2. The van der Waals surface area contributed by atoms with Gasteiger partial charge in [0.15, 0.2) is 0 Å². The van der Waals surface area contributed by atoms with E-state index in [0.717, 1.165) is 57.1 Å². The third kappa shape index (κ3) is 6.37. The van der Waals surface area contributed by atoms with Crippen molar-refractivity contribution in [3.63, 3.8) is 0 Å². The highest BCUT2D eigenvalue weighted by atomic mass is 16.5. The third-order valence-electron chi connectivity index (χ3n) is 4.29. The summed E-state index contributed by atoms with van der Waals surface area (Å²) in [7, 11) is 1.74. The molecule has 134 valence electrons. The maximum Gasteiger partial charge on any atom is 0.319 e. The van der Waals surface area contributed by atoms with Crippen LogP contribution in [0.5, 0.6) is 5.75 Å². The lowest BCUT2D eigenvalue weighted by Gasteiger charge is -2.31. The van der Waals surface area contributed by atoms with E-state index in [4.69, 9.17) is 9.47 Å². The van der Waals surface area contributed by atoms with Crippen LogP contribution < -0.4 is 15.4 Å². The van der Waals surface area contributed by atoms with E-state index in [-0.39, 0.29) is 6.03 Å². The van der Waals surface area contributed by atoms with Crippen molar-refractivity contribution in [2.45, 2.75) is 19.8 Å². The number of amides is 2. The Morgan fingerprint density at radius 2 is 1.96 bits per heavy atom. The van der Waals surface area contributed by atoms with E-state index < -0.39 is 0 Å². The van der Waals surface area contributed by atoms with Gasteiger partial charge in [0.05, 0.1) is 13.2 Å². The number of benzene rings is 1. The molecule has 2 N–H and O–H groups in total. The molecule has 1 aromatic carbocycles. The van der Waals surface area contributed by atoms with Crippen LogP contribution in [-0.2, 0) is 4.74 Å². The zero-order valence-electron chi connectivity index (χ0n) is 14.7.